The van der Waals surface area contributed by atoms with Gasteiger partial charge in [0, 0.05) is 4.90 Å². The summed E-state index contributed by atoms with van der Waals surface area (Å²) in [4.78, 5) is 13.1. The van der Waals surface area contributed by atoms with Crippen LogP contribution in [0.1, 0.15) is 37.1 Å². The van der Waals surface area contributed by atoms with Gasteiger partial charge in [0.2, 0.25) is 0 Å². The first-order chi connectivity index (χ1) is 10.4. The Hall–Kier alpha value is -1.78. The lowest BCUT2D eigenvalue weighted by Gasteiger charge is -2.24. The Morgan fingerprint density at radius 2 is 1.64 bits per heavy atom. The molecular formula is C18H21NO2S. The highest BCUT2D eigenvalue weighted by molar-refractivity contribution is 8.00. The van der Waals surface area contributed by atoms with Crippen molar-refractivity contribution in [1.29, 1.82) is 0 Å². The van der Waals surface area contributed by atoms with Crippen LogP contribution in [0.4, 0.5) is 0 Å². The fraction of sp³-hybridized carbons (Fsp3) is 0.278. The lowest BCUT2D eigenvalue weighted by Crippen LogP contribution is -2.25. The first-order valence-electron chi connectivity index (χ1n) is 7.18. The molecule has 0 aromatic heterocycles. The molecule has 116 valence electrons. The van der Waals surface area contributed by atoms with Gasteiger partial charge in [-0.15, -0.1) is 11.8 Å². The molecule has 1 unspecified atom stereocenters. The van der Waals surface area contributed by atoms with E-state index in [1.54, 1.807) is 5.48 Å². The van der Waals surface area contributed by atoms with E-state index in [0.717, 1.165) is 10.5 Å². The van der Waals surface area contributed by atoms with Crippen LogP contribution in [-0.2, 0) is 10.2 Å². The average molecular weight is 315 g/mol. The van der Waals surface area contributed by atoms with Crippen LogP contribution in [0.5, 0.6) is 0 Å². The average Bonchev–Trinajstić information content (AvgIpc) is 2.52. The Balaban J connectivity index is 2.39. The number of hydroxylamine groups is 1. The van der Waals surface area contributed by atoms with E-state index >= 15 is 0 Å². The SMILES string of the molecule is CC(C)(C)c1ccccc1SC(C(=O)NO)c1ccccc1. The highest BCUT2D eigenvalue weighted by atomic mass is 32.2. The van der Waals surface area contributed by atoms with Gasteiger partial charge in [0.1, 0.15) is 5.25 Å². The number of amides is 1. The molecule has 0 aliphatic heterocycles. The molecule has 2 N–H and O–H groups in total. The summed E-state index contributed by atoms with van der Waals surface area (Å²) < 4.78 is 0. The zero-order valence-electron chi connectivity index (χ0n) is 13.0. The number of rotatable bonds is 4. The van der Waals surface area contributed by atoms with Gasteiger partial charge in [0.25, 0.3) is 5.91 Å². The summed E-state index contributed by atoms with van der Waals surface area (Å²) in [6.07, 6.45) is 0. The summed E-state index contributed by atoms with van der Waals surface area (Å²) in [6.45, 7) is 6.45. The molecular weight excluding hydrogens is 294 g/mol. The van der Waals surface area contributed by atoms with E-state index in [2.05, 4.69) is 26.8 Å². The number of hydrogen-bond acceptors (Lipinski definition) is 3. The van der Waals surface area contributed by atoms with Crippen LogP contribution in [0.3, 0.4) is 0 Å². The number of nitrogens with one attached hydrogen (secondary N) is 1. The van der Waals surface area contributed by atoms with Crippen molar-refractivity contribution in [3.63, 3.8) is 0 Å². The van der Waals surface area contributed by atoms with Crippen molar-refractivity contribution in [1.82, 2.24) is 5.48 Å². The fourth-order valence-corrected chi connectivity index (χ4v) is 3.64. The quantitative estimate of drug-likeness (QED) is 0.502. The summed E-state index contributed by atoms with van der Waals surface area (Å²) in [5.41, 5.74) is 3.82. The summed E-state index contributed by atoms with van der Waals surface area (Å²) >= 11 is 1.46. The minimum absolute atomic E-state index is 0.0134. The molecule has 1 amide bonds. The van der Waals surface area contributed by atoms with Crippen LogP contribution in [0.25, 0.3) is 0 Å². The van der Waals surface area contributed by atoms with Gasteiger partial charge in [0.05, 0.1) is 0 Å². The summed E-state index contributed by atoms with van der Waals surface area (Å²) in [7, 11) is 0. The third-order valence-corrected chi connectivity index (χ3v) is 4.72. The van der Waals surface area contributed by atoms with E-state index in [1.165, 1.54) is 17.3 Å². The summed E-state index contributed by atoms with van der Waals surface area (Å²) in [5.74, 6) is -0.417. The van der Waals surface area contributed by atoms with Crippen molar-refractivity contribution in [2.45, 2.75) is 36.3 Å². The number of hydrogen-bond donors (Lipinski definition) is 2. The van der Waals surface area contributed by atoms with Crippen LogP contribution >= 0.6 is 11.8 Å². The number of carbonyl (C=O) groups is 1. The van der Waals surface area contributed by atoms with E-state index in [4.69, 9.17) is 5.21 Å². The second kappa shape index (κ2) is 6.99. The summed E-state index contributed by atoms with van der Waals surface area (Å²) in [5, 5.41) is 8.57. The van der Waals surface area contributed by atoms with Crippen molar-refractivity contribution in [2.24, 2.45) is 0 Å². The monoisotopic (exact) mass is 315 g/mol. The maximum absolute atomic E-state index is 12.1. The zero-order chi connectivity index (χ0) is 16.2. The third kappa shape index (κ3) is 3.90. The first-order valence-corrected chi connectivity index (χ1v) is 8.06. The van der Waals surface area contributed by atoms with Crippen molar-refractivity contribution in [2.75, 3.05) is 0 Å². The van der Waals surface area contributed by atoms with Crippen molar-refractivity contribution < 1.29 is 10.0 Å². The van der Waals surface area contributed by atoms with Crippen LogP contribution < -0.4 is 5.48 Å². The van der Waals surface area contributed by atoms with Gasteiger partial charge < -0.3 is 0 Å². The molecule has 2 aromatic rings. The van der Waals surface area contributed by atoms with Crippen molar-refractivity contribution in [3.8, 4) is 0 Å². The minimum atomic E-state index is -0.491. The number of carbonyl (C=O) groups excluding carboxylic acids is 1. The zero-order valence-corrected chi connectivity index (χ0v) is 13.9. The van der Waals surface area contributed by atoms with Crippen LogP contribution in [0.2, 0.25) is 0 Å². The number of thioether (sulfide) groups is 1. The molecule has 0 fully saturated rings. The Kier molecular flexibility index (Phi) is 5.27. The third-order valence-electron chi connectivity index (χ3n) is 3.39. The van der Waals surface area contributed by atoms with E-state index in [9.17, 15) is 4.79 Å². The second-order valence-corrected chi connectivity index (χ2v) is 7.28. The standard InChI is InChI=1S/C18H21NO2S/c1-18(2,3)14-11-7-8-12-15(14)22-16(17(20)19-21)13-9-5-4-6-10-13/h4-12,16,21H,1-3H3,(H,19,20). The predicted octanol–water partition coefficient (Wildman–Crippen LogP) is 4.32. The highest BCUT2D eigenvalue weighted by Crippen LogP contribution is 2.40. The molecule has 0 aliphatic rings. The van der Waals surface area contributed by atoms with Gasteiger partial charge >= 0.3 is 0 Å². The maximum Gasteiger partial charge on any atom is 0.261 e. The lowest BCUT2D eigenvalue weighted by atomic mass is 9.87. The molecule has 22 heavy (non-hydrogen) atoms. The normalized spacial score (nSPS) is 12.7. The smallest absolute Gasteiger partial charge is 0.261 e. The van der Waals surface area contributed by atoms with E-state index in [0.29, 0.717) is 0 Å². The second-order valence-electron chi connectivity index (χ2n) is 6.13. The molecule has 1 atom stereocenters. The molecule has 0 radical (unpaired) electrons. The van der Waals surface area contributed by atoms with Gasteiger partial charge in [-0.3, -0.25) is 10.0 Å². The Bertz CT molecular complexity index is 635. The fourth-order valence-electron chi connectivity index (χ4n) is 2.28. The van der Waals surface area contributed by atoms with Crippen molar-refractivity contribution >= 4 is 17.7 Å². The molecule has 0 saturated carbocycles. The molecule has 0 aliphatic carbocycles. The predicted molar refractivity (Wildman–Crippen MR) is 90.1 cm³/mol. The molecule has 2 aromatic carbocycles. The Morgan fingerprint density at radius 3 is 2.23 bits per heavy atom. The van der Waals surface area contributed by atoms with E-state index in [-0.39, 0.29) is 5.41 Å². The van der Waals surface area contributed by atoms with Crippen LogP contribution in [0, 0.1) is 0 Å². The lowest BCUT2D eigenvalue weighted by molar-refractivity contribution is -0.128. The Morgan fingerprint density at radius 1 is 1.05 bits per heavy atom. The minimum Gasteiger partial charge on any atom is -0.289 e. The van der Waals surface area contributed by atoms with Crippen molar-refractivity contribution in [3.05, 3.63) is 65.7 Å². The highest BCUT2D eigenvalue weighted by Gasteiger charge is 2.25. The van der Waals surface area contributed by atoms with Gasteiger partial charge in [-0.25, -0.2) is 5.48 Å². The van der Waals surface area contributed by atoms with Crippen LogP contribution in [-0.4, -0.2) is 11.1 Å². The van der Waals surface area contributed by atoms with Crippen LogP contribution in [0.15, 0.2) is 59.5 Å². The molecule has 0 spiro atoms. The number of benzene rings is 2. The molecule has 0 saturated heterocycles. The molecule has 0 heterocycles. The van der Waals surface area contributed by atoms with Gasteiger partial charge in [-0.2, -0.15) is 0 Å². The maximum atomic E-state index is 12.1. The first kappa shape index (κ1) is 16.6. The molecule has 2 rings (SSSR count). The van der Waals surface area contributed by atoms with Gasteiger partial charge in [-0.1, -0.05) is 69.3 Å². The summed E-state index contributed by atoms with van der Waals surface area (Å²) in [6, 6.07) is 17.6. The van der Waals surface area contributed by atoms with E-state index < -0.39 is 11.2 Å². The topological polar surface area (TPSA) is 49.3 Å². The largest absolute Gasteiger partial charge is 0.289 e. The Labute approximate surface area is 135 Å². The molecule has 3 nitrogen and oxygen atoms in total. The van der Waals surface area contributed by atoms with Gasteiger partial charge in [0.15, 0.2) is 0 Å². The molecule has 0 bridgehead atoms. The van der Waals surface area contributed by atoms with E-state index in [1.807, 2.05) is 48.5 Å². The van der Waals surface area contributed by atoms with Gasteiger partial charge in [-0.05, 0) is 22.6 Å². The molecule has 4 heteroatoms.